The summed E-state index contributed by atoms with van der Waals surface area (Å²) < 4.78 is 0. The van der Waals surface area contributed by atoms with E-state index in [-0.39, 0.29) is 0 Å². The van der Waals surface area contributed by atoms with Crippen molar-refractivity contribution in [1.29, 1.82) is 0 Å². The molecule has 2 heterocycles. The molecule has 24 heavy (non-hydrogen) atoms. The summed E-state index contributed by atoms with van der Waals surface area (Å²) >= 11 is 1.77. The summed E-state index contributed by atoms with van der Waals surface area (Å²) in [5, 5.41) is 3.63. The van der Waals surface area contributed by atoms with Gasteiger partial charge in [-0.15, -0.1) is 11.3 Å². The van der Waals surface area contributed by atoms with Crippen LogP contribution in [0.4, 0.5) is 0 Å². The molecule has 3 N–H and O–H groups in total. The molecular weight excluding hydrogens is 314 g/mol. The topological polar surface area (TPSA) is 50.9 Å². The molecule has 1 aliphatic heterocycles. The Morgan fingerprint density at radius 3 is 2.54 bits per heavy atom. The molecule has 2 aliphatic rings. The number of nitrogens with two attached hydrogens (primary N) is 1. The third kappa shape index (κ3) is 6.25. The second-order valence-electron chi connectivity index (χ2n) is 6.17. The third-order valence-electron chi connectivity index (χ3n) is 4.22. The SMILES string of the molecule is C=CN.CC.Cc1ncsc1C1=CC=C(CC2CC(C)CN2)CC1. The van der Waals surface area contributed by atoms with Crippen LogP contribution in [0.25, 0.3) is 5.57 Å². The van der Waals surface area contributed by atoms with Gasteiger partial charge in [-0.2, -0.15) is 0 Å². The molecule has 3 rings (SSSR count). The summed E-state index contributed by atoms with van der Waals surface area (Å²) in [5.74, 6) is 0.847. The van der Waals surface area contributed by atoms with Crippen LogP contribution < -0.4 is 11.1 Å². The van der Waals surface area contributed by atoms with E-state index >= 15 is 0 Å². The minimum Gasteiger partial charge on any atom is -0.405 e. The lowest BCUT2D eigenvalue weighted by molar-refractivity contribution is 0.570. The predicted molar refractivity (Wildman–Crippen MR) is 108 cm³/mol. The lowest BCUT2D eigenvalue weighted by Crippen LogP contribution is -2.22. The molecule has 0 spiro atoms. The highest BCUT2D eigenvalue weighted by Gasteiger charge is 2.22. The van der Waals surface area contributed by atoms with Crippen molar-refractivity contribution in [2.75, 3.05) is 6.54 Å². The Morgan fingerprint density at radius 2 is 2.08 bits per heavy atom. The van der Waals surface area contributed by atoms with Gasteiger partial charge in [0.15, 0.2) is 0 Å². The van der Waals surface area contributed by atoms with Crippen LogP contribution in [0.15, 0.2) is 36.0 Å². The van der Waals surface area contributed by atoms with Crippen LogP contribution in [0.3, 0.4) is 0 Å². The Labute approximate surface area is 151 Å². The first kappa shape index (κ1) is 20.7. The van der Waals surface area contributed by atoms with Crippen LogP contribution in [0.2, 0.25) is 0 Å². The van der Waals surface area contributed by atoms with Crippen molar-refractivity contribution in [2.24, 2.45) is 11.7 Å². The minimum absolute atomic E-state index is 0.710. The van der Waals surface area contributed by atoms with E-state index in [1.807, 2.05) is 19.4 Å². The van der Waals surface area contributed by atoms with Crippen molar-refractivity contribution in [1.82, 2.24) is 10.3 Å². The van der Waals surface area contributed by atoms with E-state index in [0.29, 0.717) is 6.04 Å². The van der Waals surface area contributed by atoms with E-state index < -0.39 is 0 Å². The summed E-state index contributed by atoms with van der Waals surface area (Å²) in [5.41, 5.74) is 10.8. The molecule has 1 fully saturated rings. The molecule has 1 saturated heterocycles. The third-order valence-corrected chi connectivity index (χ3v) is 5.23. The van der Waals surface area contributed by atoms with Crippen LogP contribution in [-0.2, 0) is 0 Å². The Morgan fingerprint density at radius 1 is 1.38 bits per heavy atom. The van der Waals surface area contributed by atoms with E-state index in [2.05, 4.69) is 48.6 Å². The predicted octanol–water partition coefficient (Wildman–Crippen LogP) is 5.06. The van der Waals surface area contributed by atoms with Gasteiger partial charge in [-0.05, 0) is 56.8 Å². The van der Waals surface area contributed by atoms with E-state index in [1.54, 1.807) is 16.9 Å². The Kier molecular flexibility index (Phi) is 9.65. The van der Waals surface area contributed by atoms with Crippen molar-refractivity contribution in [3.63, 3.8) is 0 Å². The van der Waals surface area contributed by atoms with Gasteiger partial charge in [-0.25, -0.2) is 4.98 Å². The number of rotatable bonds is 3. The number of nitrogens with one attached hydrogen (secondary N) is 1. The van der Waals surface area contributed by atoms with Gasteiger partial charge in [-0.3, -0.25) is 0 Å². The van der Waals surface area contributed by atoms with Crippen molar-refractivity contribution in [3.05, 3.63) is 46.6 Å². The summed E-state index contributed by atoms with van der Waals surface area (Å²) in [6.07, 6.45) is 10.9. The first-order valence-electron chi connectivity index (χ1n) is 8.99. The number of aromatic nitrogens is 1. The average Bonchev–Trinajstić information content (AvgIpc) is 3.19. The first-order valence-corrected chi connectivity index (χ1v) is 9.87. The lowest BCUT2D eigenvalue weighted by atomic mass is 9.92. The molecule has 1 aliphatic carbocycles. The Balaban J connectivity index is 0.000000521. The van der Waals surface area contributed by atoms with Gasteiger partial charge in [0.25, 0.3) is 0 Å². The largest absolute Gasteiger partial charge is 0.405 e. The normalized spacial score (nSPS) is 22.3. The minimum atomic E-state index is 0.710. The number of thiazole rings is 1. The van der Waals surface area contributed by atoms with Crippen LogP contribution >= 0.6 is 11.3 Å². The fraction of sp³-hybridized carbons (Fsp3) is 0.550. The zero-order valence-corrected chi connectivity index (χ0v) is 16.5. The Bertz CT molecular complexity index is 557. The zero-order chi connectivity index (χ0) is 17.9. The highest BCUT2D eigenvalue weighted by Crippen LogP contribution is 2.33. The Hall–Kier alpha value is -1.39. The fourth-order valence-corrected chi connectivity index (χ4v) is 4.00. The molecule has 2 atom stereocenters. The van der Waals surface area contributed by atoms with Crippen LogP contribution in [0, 0.1) is 12.8 Å². The first-order chi connectivity index (χ1) is 11.6. The monoisotopic (exact) mass is 347 g/mol. The number of allylic oxidation sites excluding steroid dienone is 3. The molecule has 0 radical (unpaired) electrons. The van der Waals surface area contributed by atoms with Gasteiger partial charge in [0.05, 0.1) is 16.1 Å². The molecule has 0 bridgehead atoms. The van der Waals surface area contributed by atoms with E-state index in [1.165, 1.54) is 54.6 Å². The second kappa shape index (κ2) is 11.2. The zero-order valence-electron chi connectivity index (χ0n) is 15.6. The van der Waals surface area contributed by atoms with E-state index in [4.69, 9.17) is 0 Å². The average molecular weight is 348 g/mol. The summed E-state index contributed by atoms with van der Waals surface area (Å²) in [4.78, 5) is 5.73. The van der Waals surface area contributed by atoms with Gasteiger partial charge in [0, 0.05) is 6.04 Å². The van der Waals surface area contributed by atoms with Crippen LogP contribution in [0.5, 0.6) is 0 Å². The van der Waals surface area contributed by atoms with Crippen molar-refractivity contribution in [2.45, 2.75) is 59.4 Å². The summed E-state index contributed by atoms with van der Waals surface area (Å²) in [6, 6.07) is 0.710. The highest BCUT2D eigenvalue weighted by molar-refractivity contribution is 7.10. The van der Waals surface area contributed by atoms with Gasteiger partial charge >= 0.3 is 0 Å². The van der Waals surface area contributed by atoms with Crippen LogP contribution in [-0.4, -0.2) is 17.6 Å². The molecule has 0 saturated carbocycles. The number of aryl methyl sites for hydroxylation is 1. The molecule has 0 aromatic carbocycles. The van der Waals surface area contributed by atoms with Gasteiger partial charge in [-0.1, -0.05) is 45.1 Å². The molecule has 0 amide bonds. The maximum atomic E-state index is 4.61. The number of hydrogen-bond donors (Lipinski definition) is 2. The molecule has 3 nitrogen and oxygen atoms in total. The maximum Gasteiger partial charge on any atom is 0.0801 e. The molecule has 4 heteroatoms. The fourth-order valence-electron chi connectivity index (χ4n) is 3.14. The lowest BCUT2D eigenvalue weighted by Gasteiger charge is -2.17. The smallest absolute Gasteiger partial charge is 0.0801 e. The standard InChI is InChI=1S/C16H22N2S.C2H5N.C2H6/c1-11-7-15(17-9-11)8-13-3-5-14(6-4-13)16-12(2)18-10-19-16;1-2-3;1-2/h3,5,10-11,15,17H,4,6-9H2,1-2H3;2H,1,3H2;1-2H3. The van der Waals surface area contributed by atoms with Gasteiger partial charge in [0.1, 0.15) is 0 Å². The number of nitrogens with zero attached hydrogens (tertiary/aromatic N) is 1. The number of hydrogen-bond acceptors (Lipinski definition) is 4. The van der Waals surface area contributed by atoms with Crippen molar-refractivity contribution >= 4 is 16.9 Å². The van der Waals surface area contributed by atoms with Crippen molar-refractivity contribution < 1.29 is 0 Å². The summed E-state index contributed by atoms with van der Waals surface area (Å²) in [6.45, 7) is 12.8. The maximum absolute atomic E-state index is 4.61. The highest BCUT2D eigenvalue weighted by atomic mass is 32.1. The molecule has 1 aromatic rings. The van der Waals surface area contributed by atoms with Crippen LogP contribution in [0.1, 0.15) is 57.0 Å². The summed E-state index contributed by atoms with van der Waals surface area (Å²) in [7, 11) is 0. The quantitative estimate of drug-likeness (QED) is 0.803. The van der Waals surface area contributed by atoms with Crippen molar-refractivity contribution in [3.8, 4) is 0 Å². The van der Waals surface area contributed by atoms with E-state index in [0.717, 1.165) is 5.92 Å². The molecule has 134 valence electrons. The molecule has 2 unspecified atom stereocenters. The van der Waals surface area contributed by atoms with E-state index in [9.17, 15) is 0 Å². The molecule has 1 aromatic heterocycles. The van der Waals surface area contributed by atoms with Gasteiger partial charge in [0.2, 0.25) is 0 Å². The second-order valence-corrected chi connectivity index (χ2v) is 7.02. The molecular formula is C20H33N3S. The van der Waals surface area contributed by atoms with Gasteiger partial charge < -0.3 is 11.1 Å².